The van der Waals surface area contributed by atoms with Gasteiger partial charge in [0.2, 0.25) is 5.95 Å². The van der Waals surface area contributed by atoms with Gasteiger partial charge in [-0.3, -0.25) is 23.4 Å². The number of amides is 2. The predicted molar refractivity (Wildman–Crippen MR) is 143 cm³/mol. The van der Waals surface area contributed by atoms with Crippen molar-refractivity contribution in [2.75, 3.05) is 25.5 Å². The molecule has 0 spiro atoms. The van der Waals surface area contributed by atoms with Crippen molar-refractivity contribution in [1.29, 1.82) is 0 Å². The van der Waals surface area contributed by atoms with Crippen molar-refractivity contribution in [3.8, 4) is 0 Å². The number of nitrogens with one attached hydrogen (secondary N) is 2. The van der Waals surface area contributed by atoms with Crippen LogP contribution in [-0.2, 0) is 30.2 Å². The first-order valence-electron chi connectivity index (χ1n) is 12.5. The molecule has 3 heterocycles. The van der Waals surface area contributed by atoms with E-state index in [2.05, 4.69) is 15.6 Å². The molecule has 1 aromatic carbocycles. The van der Waals surface area contributed by atoms with Gasteiger partial charge in [-0.25, -0.2) is 14.4 Å². The summed E-state index contributed by atoms with van der Waals surface area (Å²) in [6.07, 6.45) is 0.786. The number of aryl methyl sites for hydroxylation is 2. The summed E-state index contributed by atoms with van der Waals surface area (Å²) in [4.78, 5) is 58.3. The third-order valence-corrected chi connectivity index (χ3v) is 6.67. The molecule has 0 saturated heterocycles. The van der Waals surface area contributed by atoms with E-state index in [1.54, 1.807) is 25.6 Å². The number of nitrogens with zero attached hydrogens (tertiary/aromatic N) is 5. The maximum Gasteiger partial charge on any atom is 0.338 e. The van der Waals surface area contributed by atoms with Crippen LogP contribution in [0.1, 0.15) is 37.4 Å². The summed E-state index contributed by atoms with van der Waals surface area (Å²) < 4.78 is 9.35. The van der Waals surface area contributed by atoms with Crippen LogP contribution in [0.15, 0.2) is 45.1 Å². The van der Waals surface area contributed by atoms with Crippen molar-refractivity contribution < 1.29 is 14.3 Å². The Hall–Kier alpha value is -4.35. The van der Waals surface area contributed by atoms with Gasteiger partial charge in [-0.1, -0.05) is 36.8 Å². The highest BCUT2D eigenvalue weighted by Crippen LogP contribution is 2.33. The Morgan fingerprint density at radius 1 is 1.08 bits per heavy atom. The molecule has 2 amide bonds. The van der Waals surface area contributed by atoms with Crippen LogP contribution in [0.4, 0.5) is 10.7 Å². The highest BCUT2D eigenvalue weighted by molar-refractivity contribution is 5.95. The summed E-state index contributed by atoms with van der Waals surface area (Å²) in [5.41, 5.74) is 1.70. The number of ether oxygens (including phenoxy) is 1. The zero-order chi connectivity index (χ0) is 27.7. The number of allylic oxidation sites excluding steroid dienone is 1. The minimum atomic E-state index is -0.762. The van der Waals surface area contributed by atoms with Gasteiger partial charge >= 0.3 is 17.7 Å². The van der Waals surface area contributed by atoms with Crippen molar-refractivity contribution in [3.63, 3.8) is 0 Å². The molecule has 0 radical (unpaired) electrons. The molecule has 2 aromatic heterocycles. The van der Waals surface area contributed by atoms with E-state index in [-0.39, 0.29) is 29.9 Å². The fourth-order valence-corrected chi connectivity index (χ4v) is 4.53. The van der Waals surface area contributed by atoms with E-state index in [0.717, 1.165) is 22.1 Å². The number of likely N-dealkylation sites (N-methyl/N-ethyl adjacent to an activating group) is 1. The number of hydrogen-bond acceptors (Lipinski definition) is 7. The van der Waals surface area contributed by atoms with Gasteiger partial charge in [-0.05, 0) is 25.8 Å². The van der Waals surface area contributed by atoms with Gasteiger partial charge in [0.25, 0.3) is 5.56 Å². The Bertz CT molecular complexity index is 1550. The lowest BCUT2D eigenvalue weighted by molar-refractivity contribution is -0.139. The van der Waals surface area contributed by atoms with Crippen LogP contribution in [0.3, 0.4) is 0 Å². The van der Waals surface area contributed by atoms with E-state index in [9.17, 15) is 19.2 Å². The number of anilines is 1. The lowest BCUT2D eigenvalue weighted by Gasteiger charge is -2.35. The van der Waals surface area contributed by atoms with Gasteiger partial charge < -0.3 is 15.4 Å². The van der Waals surface area contributed by atoms with E-state index in [1.807, 2.05) is 38.1 Å². The Morgan fingerprint density at radius 3 is 2.39 bits per heavy atom. The van der Waals surface area contributed by atoms with Crippen LogP contribution in [0.2, 0.25) is 0 Å². The van der Waals surface area contributed by atoms with Gasteiger partial charge in [0.1, 0.15) is 0 Å². The molecule has 12 nitrogen and oxygen atoms in total. The number of aromatic nitrogens is 4. The molecule has 2 N–H and O–H groups in total. The standard InChI is InChI=1S/C26H33N7O5/c1-7-13-27-24-29-21-20(22(34)32(6)26(37)31(21)5)33(24)14-17-18(23(35)38-8-2)19(28-25(36)30(17)4)16-11-9-15(3)10-12-16/h9-12,19H,7-8,13-14H2,1-6H3,(H,27,29)(H,28,36). The molecule has 0 bridgehead atoms. The molecule has 1 atom stereocenters. The fraction of sp³-hybridized carbons (Fsp3) is 0.423. The number of urea groups is 1. The molecule has 4 rings (SSSR count). The number of carbonyl (C=O) groups is 2. The van der Waals surface area contributed by atoms with Gasteiger partial charge in [-0.15, -0.1) is 0 Å². The van der Waals surface area contributed by atoms with Gasteiger partial charge in [0.15, 0.2) is 11.2 Å². The Kier molecular flexibility index (Phi) is 7.42. The van der Waals surface area contributed by atoms with Gasteiger partial charge in [0, 0.05) is 27.7 Å². The number of benzene rings is 1. The molecule has 1 aliphatic heterocycles. The average Bonchev–Trinajstić information content (AvgIpc) is 3.26. The molecule has 1 unspecified atom stereocenters. The van der Waals surface area contributed by atoms with E-state index >= 15 is 0 Å². The van der Waals surface area contributed by atoms with E-state index in [0.29, 0.717) is 18.2 Å². The third kappa shape index (κ3) is 4.57. The summed E-state index contributed by atoms with van der Waals surface area (Å²) in [5, 5.41) is 6.11. The van der Waals surface area contributed by atoms with Crippen molar-refractivity contribution in [2.24, 2.45) is 14.1 Å². The number of imidazole rings is 1. The SMILES string of the molecule is CCCNc1nc2c(c(=O)n(C)c(=O)n2C)n1CC1=C(C(=O)OCC)C(c2ccc(C)cc2)NC(=O)N1C. The summed E-state index contributed by atoms with van der Waals surface area (Å²) in [6.45, 7) is 6.31. The third-order valence-electron chi connectivity index (χ3n) is 6.67. The number of carbonyl (C=O) groups excluding carboxylic acids is 2. The second-order valence-electron chi connectivity index (χ2n) is 9.26. The van der Waals surface area contributed by atoms with E-state index < -0.39 is 29.3 Å². The fourth-order valence-electron chi connectivity index (χ4n) is 4.53. The molecule has 0 aliphatic carbocycles. The molecule has 0 saturated carbocycles. The summed E-state index contributed by atoms with van der Waals surface area (Å²) in [7, 11) is 4.50. The Morgan fingerprint density at radius 2 is 1.76 bits per heavy atom. The summed E-state index contributed by atoms with van der Waals surface area (Å²) in [5.74, 6) is -0.227. The average molecular weight is 524 g/mol. The number of esters is 1. The molecular formula is C26H33N7O5. The minimum Gasteiger partial charge on any atom is -0.463 e. The normalized spacial score (nSPS) is 15.7. The number of fused-ring (bicyclic) bond motifs is 1. The predicted octanol–water partition coefficient (Wildman–Crippen LogP) is 1.78. The molecule has 0 fully saturated rings. The van der Waals surface area contributed by atoms with Gasteiger partial charge in [0.05, 0.1) is 30.5 Å². The first-order valence-corrected chi connectivity index (χ1v) is 12.5. The molecule has 202 valence electrons. The van der Waals surface area contributed by atoms with E-state index in [1.165, 1.54) is 16.5 Å². The van der Waals surface area contributed by atoms with Crippen LogP contribution in [0, 0.1) is 6.92 Å². The van der Waals surface area contributed by atoms with Gasteiger partial charge in [-0.2, -0.15) is 4.98 Å². The smallest absolute Gasteiger partial charge is 0.338 e. The topological polar surface area (TPSA) is 132 Å². The van der Waals surface area contributed by atoms with E-state index in [4.69, 9.17) is 4.74 Å². The van der Waals surface area contributed by atoms with Crippen molar-refractivity contribution in [1.82, 2.24) is 28.9 Å². The molecule has 1 aliphatic rings. The van der Waals surface area contributed by atoms with Crippen LogP contribution < -0.4 is 21.9 Å². The monoisotopic (exact) mass is 523 g/mol. The highest BCUT2D eigenvalue weighted by atomic mass is 16.5. The number of rotatable bonds is 8. The Labute approximate surface area is 219 Å². The second-order valence-corrected chi connectivity index (χ2v) is 9.26. The zero-order valence-electron chi connectivity index (χ0n) is 22.5. The van der Waals surface area contributed by atoms with Crippen LogP contribution >= 0.6 is 0 Å². The molecular weight excluding hydrogens is 490 g/mol. The largest absolute Gasteiger partial charge is 0.463 e. The maximum atomic E-state index is 13.4. The lowest BCUT2D eigenvalue weighted by Crippen LogP contribution is -2.48. The van der Waals surface area contributed by atoms with Crippen molar-refractivity contribution in [2.45, 2.75) is 39.8 Å². The Balaban J connectivity index is 2.00. The lowest BCUT2D eigenvalue weighted by atomic mass is 9.94. The van der Waals surface area contributed by atoms with Crippen LogP contribution in [0.5, 0.6) is 0 Å². The first kappa shape index (κ1) is 26.7. The summed E-state index contributed by atoms with van der Waals surface area (Å²) >= 11 is 0. The second kappa shape index (κ2) is 10.6. The molecule has 38 heavy (non-hydrogen) atoms. The van der Waals surface area contributed by atoms with Crippen molar-refractivity contribution in [3.05, 3.63) is 67.5 Å². The number of hydrogen-bond donors (Lipinski definition) is 2. The minimum absolute atomic E-state index is 0.0452. The maximum absolute atomic E-state index is 13.4. The zero-order valence-corrected chi connectivity index (χ0v) is 22.5. The quantitative estimate of drug-likeness (QED) is 0.430. The first-order chi connectivity index (χ1) is 18.1. The molecule has 12 heteroatoms. The van der Waals surface area contributed by atoms with Crippen molar-refractivity contribution >= 4 is 29.1 Å². The van der Waals surface area contributed by atoms with Crippen LogP contribution in [0.25, 0.3) is 11.2 Å². The highest BCUT2D eigenvalue weighted by Gasteiger charge is 2.37. The molecule has 3 aromatic rings. The summed E-state index contributed by atoms with van der Waals surface area (Å²) in [6, 6.07) is 6.35. The van der Waals surface area contributed by atoms with Crippen LogP contribution in [-0.4, -0.2) is 55.8 Å².